The number of aliphatic hydroxyl groups is 1. The summed E-state index contributed by atoms with van der Waals surface area (Å²) in [4.78, 5) is 0. The Kier molecular flexibility index (Phi) is 3.90. The Balaban J connectivity index is 1.88. The summed E-state index contributed by atoms with van der Waals surface area (Å²) in [5.41, 5.74) is 2.57. The molecule has 0 aliphatic heterocycles. The van der Waals surface area contributed by atoms with E-state index in [-0.39, 0.29) is 0 Å². The van der Waals surface area contributed by atoms with Crippen molar-refractivity contribution in [3.8, 4) is 0 Å². The second kappa shape index (κ2) is 5.52. The van der Waals surface area contributed by atoms with Gasteiger partial charge in [-0.1, -0.05) is 51.0 Å². The molecule has 1 fully saturated rings. The Hall–Kier alpha value is -0.820. The van der Waals surface area contributed by atoms with Crippen LogP contribution >= 0.6 is 0 Å². The highest BCUT2D eigenvalue weighted by Crippen LogP contribution is 2.50. The van der Waals surface area contributed by atoms with Gasteiger partial charge in [-0.05, 0) is 61.0 Å². The first kappa shape index (κ1) is 14.1. The van der Waals surface area contributed by atoms with Gasteiger partial charge in [0.05, 0.1) is 5.60 Å². The minimum Gasteiger partial charge on any atom is -0.389 e. The lowest BCUT2D eigenvalue weighted by molar-refractivity contribution is -0.0541. The molecule has 0 saturated heterocycles. The molecule has 1 heteroatoms. The Morgan fingerprint density at radius 3 is 2.00 bits per heavy atom. The predicted octanol–water partition coefficient (Wildman–Crippen LogP) is 4.37. The Bertz CT molecular complexity index is 428. The van der Waals surface area contributed by atoms with Gasteiger partial charge in [0.15, 0.2) is 0 Å². The van der Waals surface area contributed by atoms with Crippen LogP contribution in [0.5, 0.6) is 0 Å². The van der Waals surface area contributed by atoms with E-state index in [1.807, 2.05) is 0 Å². The summed E-state index contributed by atoms with van der Waals surface area (Å²) in [6, 6.07) is 8.84. The molecule has 1 saturated carbocycles. The van der Waals surface area contributed by atoms with E-state index in [9.17, 15) is 5.11 Å². The molecular formula is C19H28O. The second-order valence-corrected chi connectivity index (χ2v) is 7.03. The van der Waals surface area contributed by atoms with Crippen LogP contribution in [0.25, 0.3) is 0 Å². The molecule has 2 atom stereocenters. The maximum absolute atomic E-state index is 11.5. The summed E-state index contributed by atoms with van der Waals surface area (Å²) in [5.74, 6) is 1.65. The fourth-order valence-electron chi connectivity index (χ4n) is 4.65. The second-order valence-electron chi connectivity index (χ2n) is 7.03. The number of benzene rings is 1. The number of hydrogen-bond donors (Lipinski definition) is 1. The lowest BCUT2D eigenvalue weighted by Crippen LogP contribution is -2.42. The van der Waals surface area contributed by atoms with Crippen molar-refractivity contribution in [2.75, 3.05) is 0 Å². The van der Waals surface area contributed by atoms with Crippen molar-refractivity contribution < 1.29 is 5.11 Å². The highest BCUT2D eigenvalue weighted by molar-refractivity contribution is 5.31. The van der Waals surface area contributed by atoms with Gasteiger partial charge in [-0.3, -0.25) is 0 Å². The van der Waals surface area contributed by atoms with Crippen molar-refractivity contribution in [3.63, 3.8) is 0 Å². The van der Waals surface area contributed by atoms with E-state index >= 15 is 0 Å². The van der Waals surface area contributed by atoms with Gasteiger partial charge in [-0.15, -0.1) is 0 Å². The Morgan fingerprint density at radius 2 is 1.55 bits per heavy atom. The van der Waals surface area contributed by atoms with Crippen molar-refractivity contribution >= 4 is 0 Å². The highest BCUT2D eigenvalue weighted by atomic mass is 16.3. The first-order valence-electron chi connectivity index (χ1n) is 8.46. The molecule has 110 valence electrons. The lowest BCUT2D eigenvalue weighted by Gasteiger charge is -2.36. The smallest absolute Gasteiger partial charge is 0.0712 e. The largest absolute Gasteiger partial charge is 0.389 e. The lowest BCUT2D eigenvalue weighted by atomic mass is 9.75. The number of rotatable bonds is 4. The summed E-state index contributed by atoms with van der Waals surface area (Å²) < 4.78 is 0. The molecule has 1 aromatic carbocycles. The molecule has 0 spiro atoms. The van der Waals surface area contributed by atoms with Crippen molar-refractivity contribution in [2.45, 2.75) is 64.4 Å². The van der Waals surface area contributed by atoms with E-state index in [1.54, 1.807) is 0 Å². The van der Waals surface area contributed by atoms with E-state index in [0.29, 0.717) is 17.8 Å². The summed E-state index contributed by atoms with van der Waals surface area (Å²) >= 11 is 0. The third-order valence-electron chi connectivity index (χ3n) is 6.10. The van der Waals surface area contributed by atoms with E-state index in [4.69, 9.17) is 0 Å². The molecule has 2 aliphatic carbocycles. The van der Waals surface area contributed by atoms with Gasteiger partial charge in [0, 0.05) is 0 Å². The molecule has 0 aromatic heterocycles. The van der Waals surface area contributed by atoms with Crippen molar-refractivity contribution in [2.24, 2.45) is 17.8 Å². The molecule has 20 heavy (non-hydrogen) atoms. The SMILES string of the molecule is CCC(CC)CC1(O)C2CCC1Cc1ccccc1C2. The third kappa shape index (κ3) is 2.30. The average Bonchev–Trinajstić information content (AvgIpc) is 2.67. The van der Waals surface area contributed by atoms with Crippen LogP contribution in [0, 0.1) is 17.8 Å². The normalized spacial score (nSPS) is 32.2. The van der Waals surface area contributed by atoms with Crippen LogP contribution in [0.15, 0.2) is 24.3 Å². The minimum absolute atomic E-state index is 0.407. The summed E-state index contributed by atoms with van der Waals surface area (Å²) in [6.45, 7) is 4.54. The van der Waals surface area contributed by atoms with Crippen LogP contribution in [0.4, 0.5) is 0 Å². The van der Waals surface area contributed by atoms with Gasteiger partial charge in [0.1, 0.15) is 0 Å². The molecule has 0 radical (unpaired) electrons. The fraction of sp³-hybridized carbons (Fsp3) is 0.684. The Morgan fingerprint density at radius 1 is 1.05 bits per heavy atom. The summed E-state index contributed by atoms with van der Waals surface area (Å²) in [6.07, 6.45) is 8.03. The van der Waals surface area contributed by atoms with Gasteiger partial charge < -0.3 is 5.11 Å². The topological polar surface area (TPSA) is 20.2 Å². The van der Waals surface area contributed by atoms with E-state index in [0.717, 1.165) is 19.3 Å². The summed E-state index contributed by atoms with van der Waals surface area (Å²) in [7, 11) is 0. The molecule has 1 N–H and O–H groups in total. The fourth-order valence-corrected chi connectivity index (χ4v) is 4.65. The van der Waals surface area contributed by atoms with Crippen LogP contribution in [-0.4, -0.2) is 10.7 Å². The van der Waals surface area contributed by atoms with Gasteiger partial charge >= 0.3 is 0 Å². The van der Waals surface area contributed by atoms with Gasteiger partial charge in [0.25, 0.3) is 0 Å². The zero-order valence-corrected chi connectivity index (χ0v) is 12.9. The van der Waals surface area contributed by atoms with Crippen LogP contribution < -0.4 is 0 Å². The van der Waals surface area contributed by atoms with Gasteiger partial charge in [-0.2, -0.15) is 0 Å². The molecule has 1 aromatic rings. The van der Waals surface area contributed by atoms with Crippen LogP contribution in [0.2, 0.25) is 0 Å². The highest BCUT2D eigenvalue weighted by Gasteiger charge is 2.50. The minimum atomic E-state index is -0.407. The van der Waals surface area contributed by atoms with Gasteiger partial charge in [-0.25, -0.2) is 0 Å². The Labute approximate surface area is 123 Å². The summed E-state index contributed by atoms with van der Waals surface area (Å²) in [5, 5.41) is 11.5. The standard InChI is InChI=1S/C19H28O/c1-3-14(4-2)13-19(20)17-9-10-18(19)12-16-8-6-5-7-15(16)11-17/h5-8,14,17-18,20H,3-4,9-13H2,1-2H3. The van der Waals surface area contributed by atoms with Crippen molar-refractivity contribution in [3.05, 3.63) is 35.4 Å². The molecule has 1 nitrogen and oxygen atoms in total. The first-order valence-corrected chi connectivity index (χ1v) is 8.46. The van der Waals surface area contributed by atoms with Crippen LogP contribution in [0.3, 0.4) is 0 Å². The molecule has 0 heterocycles. The van der Waals surface area contributed by atoms with Crippen LogP contribution in [0.1, 0.15) is 57.1 Å². The van der Waals surface area contributed by atoms with Crippen LogP contribution in [-0.2, 0) is 12.8 Å². The average molecular weight is 272 g/mol. The maximum Gasteiger partial charge on any atom is 0.0712 e. The number of fused-ring (bicyclic) bond motifs is 3. The molecular weight excluding hydrogens is 244 g/mol. The van der Waals surface area contributed by atoms with E-state index < -0.39 is 5.60 Å². The first-order chi connectivity index (χ1) is 9.67. The van der Waals surface area contributed by atoms with E-state index in [2.05, 4.69) is 38.1 Å². The maximum atomic E-state index is 11.5. The number of hydrogen-bond acceptors (Lipinski definition) is 1. The molecule has 2 bridgehead atoms. The molecule has 0 amide bonds. The zero-order chi connectivity index (χ0) is 14.2. The molecule has 2 aliphatic rings. The monoisotopic (exact) mass is 272 g/mol. The quantitative estimate of drug-likeness (QED) is 0.863. The molecule has 3 rings (SSSR count). The van der Waals surface area contributed by atoms with Crippen molar-refractivity contribution in [1.29, 1.82) is 0 Å². The van der Waals surface area contributed by atoms with E-state index in [1.165, 1.54) is 36.8 Å². The van der Waals surface area contributed by atoms with Crippen molar-refractivity contribution in [1.82, 2.24) is 0 Å². The third-order valence-corrected chi connectivity index (χ3v) is 6.10. The predicted molar refractivity (Wildman–Crippen MR) is 83.7 cm³/mol. The molecule has 2 unspecified atom stereocenters. The van der Waals surface area contributed by atoms with Gasteiger partial charge in [0.2, 0.25) is 0 Å². The zero-order valence-electron chi connectivity index (χ0n) is 12.9.